The van der Waals surface area contributed by atoms with Crippen molar-refractivity contribution < 1.29 is 18.0 Å². The lowest BCUT2D eigenvalue weighted by molar-refractivity contribution is -0.140. The van der Waals surface area contributed by atoms with Gasteiger partial charge in [-0.15, -0.1) is 0 Å². The molecule has 1 aliphatic rings. The normalized spacial score (nSPS) is 14.0. The van der Waals surface area contributed by atoms with Gasteiger partial charge in [0.2, 0.25) is 11.8 Å². The van der Waals surface area contributed by atoms with E-state index in [1.807, 2.05) is 57.2 Å². The third-order valence-corrected chi connectivity index (χ3v) is 11.1. The third-order valence-electron chi connectivity index (χ3n) is 8.71. The van der Waals surface area contributed by atoms with E-state index < -0.39 is 28.5 Å². The highest BCUT2D eigenvalue weighted by molar-refractivity contribution is 7.92. The fourth-order valence-corrected chi connectivity index (χ4v) is 8.08. The predicted octanol–water partition coefficient (Wildman–Crippen LogP) is 7.81. The van der Waals surface area contributed by atoms with Crippen LogP contribution in [0.5, 0.6) is 0 Å². The van der Waals surface area contributed by atoms with E-state index in [1.54, 1.807) is 54.6 Å². The van der Waals surface area contributed by atoms with Crippen LogP contribution >= 0.6 is 23.2 Å². The van der Waals surface area contributed by atoms with Crippen LogP contribution in [0.2, 0.25) is 10.0 Å². The lowest BCUT2D eigenvalue weighted by Crippen LogP contribution is -2.54. The Morgan fingerprint density at radius 2 is 1.48 bits per heavy atom. The molecule has 2 amide bonds. The molecule has 10 heteroatoms. The van der Waals surface area contributed by atoms with Crippen molar-refractivity contribution in [3.05, 3.63) is 129 Å². The van der Waals surface area contributed by atoms with Crippen molar-refractivity contribution in [2.75, 3.05) is 10.8 Å². The average Bonchev–Trinajstić information content (AvgIpc) is 3.55. The summed E-state index contributed by atoms with van der Waals surface area (Å²) in [7, 11) is -4.20. The Hall–Kier alpha value is -3.85. The number of sulfonamides is 1. The van der Waals surface area contributed by atoms with Gasteiger partial charge in [0.15, 0.2) is 0 Å². The van der Waals surface area contributed by atoms with Crippen molar-refractivity contribution in [2.45, 2.75) is 76.4 Å². The molecule has 0 heterocycles. The maximum Gasteiger partial charge on any atom is 0.264 e. The zero-order valence-corrected chi connectivity index (χ0v) is 29.8. The van der Waals surface area contributed by atoms with Gasteiger partial charge in [-0.1, -0.05) is 96.2 Å². The van der Waals surface area contributed by atoms with E-state index in [9.17, 15) is 18.0 Å². The molecule has 4 aromatic carbocycles. The summed E-state index contributed by atoms with van der Waals surface area (Å²) in [6, 6.07) is 25.6. The molecule has 0 bridgehead atoms. The molecule has 1 atom stereocenters. The highest BCUT2D eigenvalue weighted by Crippen LogP contribution is 2.29. The minimum Gasteiger partial charge on any atom is -0.352 e. The Kier molecular flexibility index (Phi) is 11.5. The molecule has 4 aromatic rings. The molecule has 0 saturated heterocycles. The van der Waals surface area contributed by atoms with Gasteiger partial charge in [0.25, 0.3) is 10.0 Å². The van der Waals surface area contributed by atoms with Gasteiger partial charge in [0.1, 0.15) is 12.6 Å². The number of carbonyl (C=O) groups is 2. The van der Waals surface area contributed by atoms with Gasteiger partial charge in [0.05, 0.1) is 10.6 Å². The molecule has 0 aromatic heterocycles. The van der Waals surface area contributed by atoms with Crippen molar-refractivity contribution >= 4 is 50.7 Å². The third kappa shape index (κ3) is 8.78. The molecular weight excluding hydrogens is 665 g/mol. The number of nitrogens with one attached hydrogen (secondary N) is 1. The summed E-state index contributed by atoms with van der Waals surface area (Å²) in [5.74, 6) is -0.832. The quantitative estimate of drug-likeness (QED) is 0.163. The van der Waals surface area contributed by atoms with Crippen LogP contribution in [0.25, 0.3) is 0 Å². The second-order valence-corrected chi connectivity index (χ2v) is 15.3. The summed E-state index contributed by atoms with van der Waals surface area (Å²) in [5.41, 5.74) is 4.42. The summed E-state index contributed by atoms with van der Waals surface area (Å²) in [4.78, 5) is 30.5. The van der Waals surface area contributed by atoms with Gasteiger partial charge in [-0.05, 0) is 92.3 Å². The minimum absolute atomic E-state index is 0.0144. The number of rotatable bonds is 12. The maximum atomic E-state index is 14.8. The van der Waals surface area contributed by atoms with E-state index in [0.717, 1.165) is 52.2 Å². The Balaban J connectivity index is 1.60. The number of benzene rings is 4. The average molecular weight is 707 g/mol. The zero-order valence-electron chi connectivity index (χ0n) is 27.5. The second-order valence-electron chi connectivity index (χ2n) is 12.6. The number of amides is 2. The van der Waals surface area contributed by atoms with Gasteiger partial charge in [-0.3, -0.25) is 13.9 Å². The second kappa shape index (κ2) is 15.6. The summed E-state index contributed by atoms with van der Waals surface area (Å²) in [6.45, 7) is 5.08. The van der Waals surface area contributed by atoms with Crippen LogP contribution in [0.15, 0.2) is 95.9 Å². The van der Waals surface area contributed by atoms with Crippen molar-refractivity contribution in [3.63, 3.8) is 0 Å². The molecule has 0 aliphatic heterocycles. The zero-order chi connectivity index (χ0) is 34.4. The highest BCUT2D eigenvalue weighted by Gasteiger charge is 2.36. The highest BCUT2D eigenvalue weighted by atomic mass is 35.5. The molecule has 7 nitrogen and oxygen atoms in total. The first-order valence-electron chi connectivity index (χ1n) is 16.2. The first-order chi connectivity index (χ1) is 22.9. The van der Waals surface area contributed by atoms with E-state index in [1.165, 1.54) is 4.90 Å². The van der Waals surface area contributed by atoms with Gasteiger partial charge >= 0.3 is 0 Å². The lowest BCUT2D eigenvalue weighted by atomic mass is 10.0. The molecule has 1 aliphatic carbocycles. The number of hydrogen-bond acceptors (Lipinski definition) is 4. The topological polar surface area (TPSA) is 86.8 Å². The molecular formula is C38H41Cl2N3O4S. The van der Waals surface area contributed by atoms with Crippen LogP contribution in [0, 0.1) is 20.8 Å². The fraction of sp³-hybridized carbons (Fsp3) is 0.316. The first-order valence-corrected chi connectivity index (χ1v) is 18.4. The Labute approximate surface area is 293 Å². The van der Waals surface area contributed by atoms with Crippen molar-refractivity contribution in [2.24, 2.45) is 0 Å². The number of hydrogen-bond donors (Lipinski definition) is 1. The molecule has 0 spiro atoms. The number of halogens is 2. The molecule has 1 fully saturated rings. The van der Waals surface area contributed by atoms with E-state index >= 15 is 0 Å². The maximum absolute atomic E-state index is 14.8. The van der Waals surface area contributed by atoms with Crippen LogP contribution in [-0.4, -0.2) is 43.8 Å². The van der Waals surface area contributed by atoms with Gasteiger partial charge in [0, 0.05) is 29.1 Å². The lowest BCUT2D eigenvalue weighted by Gasteiger charge is -2.34. The summed E-state index contributed by atoms with van der Waals surface area (Å²) >= 11 is 12.8. The van der Waals surface area contributed by atoms with E-state index in [-0.39, 0.29) is 29.8 Å². The van der Waals surface area contributed by atoms with E-state index in [2.05, 4.69) is 5.32 Å². The predicted molar refractivity (Wildman–Crippen MR) is 193 cm³/mol. The van der Waals surface area contributed by atoms with E-state index in [4.69, 9.17) is 23.2 Å². The summed E-state index contributed by atoms with van der Waals surface area (Å²) in [6.07, 6.45) is 4.02. The van der Waals surface area contributed by atoms with Gasteiger partial charge < -0.3 is 10.2 Å². The van der Waals surface area contributed by atoms with Crippen LogP contribution in [0.1, 0.15) is 53.5 Å². The van der Waals surface area contributed by atoms with Crippen LogP contribution in [0.3, 0.4) is 0 Å². The fourth-order valence-electron chi connectivity index (χ4n) is 6.22. The largest absolute Gasteiger partial charge is 0.352 e. The Morgan fingerprint density at radius 1 is 0.833 bits per heavy atom. The molecule has 5 rings (SSSR count). The van der Waals surface area contributed by atoms with Crippen molar-refractivity contribution in [3.8, 4) is 0 Å². The number of aryl methyl sites for hydroxylation is 3. The standard InChI is InChI=1S/C38H41Cl2N3O4S/c1-26-13-17-34(18-14-26)48(46,47)43(33-20-27(2)19-28(3)21-33)25-37(44)42(24-30-15-16-31(39)23-35(30)40)36(22-29-9-5-4-6-10-29)38(45)41-32-11-7-8-12-32/h4-6,9-10,13-21,23,32,36H,7-8,11-12,22,24-25H2,1-3H3,(H,41,45)/t36-/m0/s1. The number of anilines is 1. The molecule has 252 valence electrons. The van der Waals surface area contributed by atoms with Crippen molar-refractivity contribution in [1.82, 2.24) is 10.2 Å². The minimum atomic E-state index is -4.20. The molecule has 1 N–H and O–H groups in total. The number of carbonyl (C=O) groups excluding carboxylic acids is 2. The molecule has 0 unspecified atom stereocenters. The molecule has 48 heavy (non-hydrogen) atoms. The summed E-state index contributed by atoms with van der Waals surface area (Å²) in [5, 5.41) is 3.96. The van der Waals surface area contributed by atoms with Gasteiger partial charge in [-0.2, -0.15) is 0 Å². The molecule has 0 radical (unpaired) electrons. The van der Waals surface area contributed by atoms with E-state index in [0.29, 0.717) is 21.3 Å². The molecule has 1 saturated carbocycles. The van der Waals surface area contributed by atoms with Crippen LogP contribution in [0.4, 0.5) is 5.69 Å². The first kappa shape index (κ1) is 35.5. The number of nitrogens with zero attached hydrogens (tertiary/aromatic N) is 2. The van der Waals surface area contributed by atoms with Crippen molar-refractivity contribution in [1.29, 1.82) is 0 Å². The van der Waals surface area contributed by atoms with Crippen LogP contribution in [-0.2, 0) is 32.6 Å². The van der Waals surface area contributed by atoms with Gasteiger partial charge in [-0.25, -0.2) is 8.42 Å². The monoisotopic (exact) mass is 705 g/mol. The Morgan fingerprint density at radius 3 is 2.10 bits per heavy atom. The SMILES string of the molecule is Cc1ccc(S(=O)(=O)N(CC(=O)N(Cc2ccc(Cl)cc2Cl)[C@@H](Cc2ccccc2)C(=O)NC2CCCC2)c2cc(C)cc(C)c2)cc1. The smallest absolute Gasteiger partial charge is 0.264 e. The summed E-state index contributed by atoms with van der Waals surface area (Å²) < 4.78 is 29.8. The Bertz CT molecular complexity index is 1840. The van der Waals surface area contributed by atoms with Crippen LogP contribution < -0.4 is 9.62 Å².